The molecule has 1 aromatic carbocycles. The van der Waals surface area contributed by atoms with Gasteiger partial charge in [-0.05, 0) is 49.1 Å². The molecular weight excluding hydrogens is 200 g/mol. The highest BCUT2D eigenvalue weighted by atomic mass is 16.5. The molecule has 1 heterocycles. The molecule has 84 valence electrons. The molecule has 0 saturated carbocycles. The summed E-state index contributed by atoms with van der Waals surface area (Å²) in [4.78, 5) is 0. The van der Waals surface area contributed by atoms with E-state index in [1.807, 2.05) is 12.1 Å². The Kier molecular flexibility index (Phi) is 3.25. The number of benzene rings is 1. The second-order valence-corrected chi connectivity index (χ2v) is 3.87. The average Bonchev–Trinajstić information content (AvgIpc) is 2.80. The summed E-state index contributed by atoms with van der Waals surface area (Å²) in [5.41, 5.74) is 3.81. The molecule has 3 nitrogen and oxygen atoms in total. The zero-order valence-electron chi connectivity index (χ0n) is 9.66. The third kappa shape index (κ3) is 2.42. The van der Waals surface area contributed by atoms with Gasteiger partial charge in [0.15, 0.2) is 0 Å². The Bertz CT molecular complexity index is 449. The summed E-state index contributed by atoms with van der Waals surface area (Å²) >= 11 is 0. The fourth-order valence-electron chi connectivity index (χ4n) is 1.77. The minimum atomic E-state index is 0.919. The smallest absolute Gasteiger partial charge is 0.119 e. The first-order valence-corrected chi connectivity index (χ1v) is 5.41. The van der Waals surface area contributed by atoms with Crippen LogP contribution in [0.25, 0.3) is 0 Å². The van der Waals surface area contributed by atoms with Gasteiger partial charge in [-0.15, -0.1) is 0 Å². The van der Waals surface area contributed by atoms with E-state index in [1.165, 1.54) is 16.8 Å². The zero-order chi connectivity index (χ0) is 11.4. The minimum absolute atomic E-state index is 0.919. The summed E-state index contributed by atoms with van der Waals surface area (Å²) in [6.07, 6.45) is 3.81. The zero-order valence-corrected chi connectivity index (χ0v) is 9.66. The normalized spacial score (nSPS) is 10.4. The standard InChI is InChI=1S/C13H16N2O/c1-10-9-13(16-2)6-4-11(10)3-5-12-7-8-14-15-12/h4,6-9H,3,5H2,1-2H3,(H,14,15). The van der Waals surface area contributed by atoms with Gasteiger partial charge in [0, 0.05) is 11.9 Å². The highest BCUT2D eigenvalue weighted by molar-refractivity contribution is 5.35. The number of aryl methyl sites for hydroxylation is 3. The van der Waals surface area contributed by atoms with E-state index in [9.17, 15) is 0 Å². The number of hydrogen-bond donors (Lipinski definition) is 1. The van der Waals surface area contributed by atoms with E-state index in [-0.39, 0.29) is 0 Å². The summed E-state index contributed by atoms with van der Waals surface area (Å²) in [6, 6.07) is 8.22. The number of ether oxygens (including phenoxy) is 1. The highest BCUT2D eigenvalue weighted by Crippen LogP contribution is 2.18. The second kappa shape index (κ2) is 4.84. The summed E-state index contributed by atoms with van der Waals surface area (Å²) in [6.45, 7) is 2.12. The van der Waals surface area contributed by atoms with Gasteiger partial charge >= 0.3 is 0 Å². The second-order valence-electron chi connectivity index (χ2n) is 3.87. The van der Waals surface area contributed by atoms with Crippen LogP contribution in [0.15, 0.2) is 30.5 Å². The lowest BCUT2D eigenvalue weighted by Crippen LogP contribution is -1.95. The van der Waals surface area contributed by atoms with Crippen molar-refractivity contribution in [3.8, 4) is 5.75 Å². The largest absolute Gasteiger partial charge is 0.497 e. The fraction of sp³-hybridized carbons (Fsp3) is 0.308. The van der Waals surface area contributed by atoms with Crippen molar-refractivity contribution in [2.75, 3.05) is 7.11 Å². The maximum Gasteiger partial charge on any atom is 0.119 e. The molecule has 0 aliphatic rings. The summed E-state index contributed by atoms with van der Waals surface area (Å²) in [5, 5.41) is 6.91. The van der Waals surface area contributed by atoms with Crippen molar-refractivity contribution in [1.82, 2.24) is 10.2 Å². The van der Waals surface area contributed by atoms with E-state index in [1.54, 1.807) is 13.3 Å². The molecule has 1 N–H and O–H groups in total. The van der Waals surface area contributed by atoms with Gasteiger partial charge in [0.2, 0.25) is 0 Å². The Morgan fingerprint density at radius 2 is 2.12 bits per heavy atom. The lowest BCUT2D eigenvalue weighted by Gasteiger charge is -2.07. The third-order valence-corrected chi connectivity index (χ3v) is 2.77. The van der Waals surface area contributed by atoms with Gasteiger partial charge in [0.25, 0.3) is 0 Å². The Hall–Kier alpha value is -1.77. The van der Waals surface area contributed by atoms with E-state index >= 15 is 0 Å². The predicted molar refractivity (Wildman–Crippen MR) is 63.7 cm³/mol. The van der Waals surface area contributed by atoms with Crippen LogP contribution in [0.3, 0.4) is 0 Å². The van der Waals surface area contributed by atoms with Gasteiger partial charge in [-0.3, -0.25) is 5.10 Å². The summed E-state index contributed by atoms with van der Waals surface area (Å²) in [7, 11) is 1.69. The predicted octanol–water partition coefficient (Wildman–Crippen LogP) is 2.51. The first kappa shape index (κ1) is 10.7. The molecular formula is C13H16N2O. The maximum atomic E-state index is 5.18. The maximum absolute atomic E-state index is 5.18. The van der Waals surface area contributed by atoms with E-state index in [0.717, 1.165) is 18.6 Å². The van der Waals surface area contributed by atoms with Gasteiger partial charge in [0.1, 0.15) is 5.75 Å². The van der Waals surface area contributed by atoms with Gasteiger partial charge < -0.3 is 4.74 Å². The van der Waals surface area contributed by atoms with Crippen LogP contribution in [-0.2, 0) is 12.8 Å². The van der Waals surface area contributed by atoms with Crippen LogP contribution < -0.4 is 4.74 Å². The van der Waals surface area contributed by atoms with Crippen LogP contribution >= 0.6 is 0 Å². The van der Waals surface area contributed by atoms with Crippen molar-refractivity contribution < 1.29 is 4.74 Å². The molecule has 2 rings (SSSR count). The van der Waals surface area contributed by atoms with Gasteiger partial charge in [0.05, 0.1) is 7.11 Å². The van der Waals surface area contributed by atoms with E-state index in [2.05, 4.69) is 29.3 Å². The number of aromatic nitrogens is 2. The van der Waals surface area contributed by atoms with Crippen LogP contribution in [0.5, 0.6) is 5.75 Å². The Labute approximate surface area is 95.5 Å². The Morgan fingerprint density at radius 3 is 2.75 bits per heavy atom. The number of hydrogen-bond acceptors (Lipinski definition) is 2. The van der Waals surface area contributed by atoms with Crippen molar-refractivity contribution in [1.29, 1.82) is 0 Å². The molecule has 0 aliphatic carbocycles. The fourth-order valence-corrected chi connectivity index (χ4v) is 1.77. The molecule has 0 radical (unpaired) electrons. The molecule has 0 saturated heterocycles. The molecule has 0 unspecified atom stereocenters. The van der Waals surface area contributed by atoms with Crippen LogP contribution in [0.2, 0.25) is 0 Å². The lowest BCUT2D eigenvalue weighted by molar-refractivity contribution is 0.414. The van der Waals surface area contributed by atoms with Gasteiger partial charge in [-0.25, -0.2) is 0 Å². The molecule has 0 amide bonds. The van der Waals surface area contributed by atoms with Crippen LogP contribution in [0.1, 0.15) is 16.8 Å². The number of nitrogens with one attached hydrogen (secondary N) is 1. The number of H-pyrrole nitrogens is 1. The lowest BCUT2D eigenvalue weighted by atomic mass is 10.0. The van der Waals surface area contributed by atoms with Gasteiger partial charge in [-0.2, -0.15) is 5.10 Å². The van der Waals surface area contributed by atoms with E-state index in [0.29, 0.717) is 0 Å². The monoisotopic (exact) mass is 216 g/mol. The third-order valence-electron chi connectivity index (χ3n) is 2.77. The molecule has 0 bridgehead atoms. The molecule has 0 atom stereocenters. The SMILES string of the molecule is COc1ccc(CCc2ccn[nH]2)c(C)c1. The first-order valence-electron chi connectivity index (χ1n) is 5.41. The van der Waals surface area contributed by atoms with Crippen molar-refractivity contribution in [3.63, 3.8) is 0 Å². The summed E-state index contributed by atoms with van der Waals surface area (Å²) < 4.78 is 5.18. The van der Waals surface area contributed by atoms with Crippen LogP contribution in [0.4, 0.5) is 0 Å². The summed E-state index contributed by atoms with van der Waals surface area (Å²) in [5.74, 6) is 0.919. The molecule has 0 aliphatic heterocycles. The van der Waals surface area contributed by atoms with Crippen LogP contribution in [0, 0.1) is 6.92 Å². The highest BCUT2D eigenvalue weighted by Gasteiger charge is 2.01. The molecule has 0 spiro atoms. The molecule has 16 heavy (non-hydrogen) atoms. The van der Waals surface area contributed by atoms with Crippen molar-refractivity contribution >= 4 is 0 Å². The number of nitrogens with zero attached hydrogens (tertiary/aromatic N) is 1. The van der Waals surface area contributed by atoms with E-state index < -0.39 is 0 Å². The minimum Gasteiger partial charge on any atom is -0.497 e. The molecule has 2 aromatic rings. The molecule has 0 fully saturated rings. The quantitative estimate of drug-likeness (QED) is 0.852. The van der Waals surface area contributed by atoms with Crippen molar-refractivity contribution in [3.05, 3.63) is 47.3 Å². The molecule has 1 aromatic heterocycles. The Morgan fingerprint density at radius 1 is 1.25 bits per heavy atom. The number of rotatable bonds is 4. The topological polar surface area (TPSA) is 37.9 Å². The van der Waals surface area contributed by atoms with Gasteiger partial charge in [-0.1, -0.05) is 6.07 Å². The van der Waals surface area contributed by atoms with Crippen molar-refractivity contribution in [2.45, 2.75) is 19.8 Å². The molecule has 3 heteroatoms. The van der Waals surface area contributed by atoms with Crippen molar-refractivity contribution in [2.24, 2.45) is 0 Å². The Balaban J connectivity index is 2.04. The number of aromatic amines is 1. The average molecular weight is 216 g/mol. The van der Waals surface area contributed by atoms with E-state index in [4.69, 9.17) is 4.74 Å². The number of methoxy groups -OCH3 is 1. The van der Waals surface area contributed by atoms with Crippen LogP contribution in [-0.4, -0.2) is 17.3 Å². The first-order chi connectivity index (χ1) is 7.79.